The number of aryl methyl sites for hydroxylation is 1. The normalized spacial score (nSPS) is 15.0. The van der Waals surface area contributed by atoms with Crippen LogP contribution in [0.15, 0.2) is 67.0 Å². The van der Waals surface area contributed by atoms with E-state index in [9.17, 15) is 0 Å². The maximum absolute atomic E-state index is 6.18. The Labute approximate surface area is 182 Å². The van der Waals surface area contributed by atoms with Crippen molar-refractivity contribution in [1.29, 1.82) is 0 Å². The number of ether oxygens (including phenoxy) is 1. The monoisotopic (exact) mass is 410 g/mol. The van der Waals surface area contributed by atoms with Crippen LogP contribution < -0.4 is 10.1 Å². The second-order valence-corrected chi connectivity index (χ2v) is 8.00. The maximum Gasteiger partial charge on any atom is 0.141 e. The van der Waals surface area contributed by atoms with Gasteiger partial charge in [0.15, 0.2) is 0 Å². The SMILES string of the molecule is Cc1cc(O[C@@H](C)c2ccccc2)ccc1-c1cc2c(C3=CCNCC3)ncnc2[nH]1. The standard InChI is InChI=1S/C26H26N4O/c1-17-14-21(31-18(2)19-6-4-3-5-7-19)8-9-22(17)24-15-23-25(20-10-12-27-13-11-20)28-16-29-26(23)30-24/h3-10,14-16,18,27H,11-13H2,1-2H3,(H,28,29,30)/t18-/m0/s1. The average molecular weight is 411 g/mol. The molecule has 31 heavy (non-hydrogen) atoms. The third-order valence-corrected chi connectivity index (χ3v) is 5.86. The Morgan fingerprint density at radius 1 is 1.03 bits per heavy atom. The number of hydrogen-bond acceptors (Lipinski definition) is 4. The van der Waals surface area contributed by atoms with Gasteiger partial charge in [0, 0.05) is 23.2 Å². The summed E-state index contributed by atoms with van der Waals surface area (Å²) >= 11 is 0. The zero-order valence-corrected chi connectivity index (χ0v) is 17.9. The first-order valence-corrected chi connectivity index (χ1v) is 10.8. The van der Waals surface area contributed by atoms with Crippen LogP contribution in [0.25, 0.3) is 27.9 Å². The Balaban J connectivity index is 1.44. The van der Waals surface area contributed by atoms with Crippen molar-refractivity contribution in [3.8, 4) is 17.0 Å². The Bertz CT molecular complexity index is 1240. The van der Waals surface area contributed by atoms with E-state index in [1.807, 2.05) is 24.3 Å². The van der Waals surface area contributed by atoms with E-state index in [0.717, 1.165) is 64.4 Å². The molecule has 4 aromatic rings. The molecule has 0 saturated heterocycles. The molecule has 0 fully saturated rings. The summed E-state index contributed by atoms with van der Waals surface area (Å²) in [5.41, 5.74) is 7.69. The number of aromatic amines is 1. The van der Waals surface area contributed by atoms with E-state index in [4.69, 9.17) is 4.74 Å². The minimum Gasteiger partial charge on any atom is -0.486 e. The van der Waals surface area contributed by atoms with Gasteiger partial charge in [0.1, 0.15) is 23.8 Å². The number of nitrogens with zero attached hydrogens (tertiary/aromatic N) is 2. The molecule has 1 atom stereocenters. The lowest BCUT2D eigenvalue weighted by atomic mass is 10.0. The topological polar surface area (TPSA) is 62.8 Å². The van der Waals surface area contributed by atoms with E-state index in [1.54, 1.807) is 6.33 Å². The lowest BCUT2D eigenvalue weighted by molar-refractivity contribution is 0.227. The highest BCUT2D eigenvalue weighted by atomic mass is 16.5. The summed E-state index contributed by atoms with van der Waals surface area (Å²) < 4.78 is 6.18. The summed E-state index contributed by atoms with van der Waals surface area (Å²) in [7, 11) is 0. The van der Waals surface area contributed by atoms with Crippen LogP contribution >= 0.6 is 0 Å². The minimum absolute atomic E-state index is 0.00406. The fourth-order valence-electron chi connectivity index (χ4n) is 4.19. The highest BCUT2D eigenvalue weighted by molar-refractivity contribution is 5.92. The van der Waals surface area contributed by atoms with Crippen molar-refractivity contribution >= 4 is 16.6 Å². The molecular weight excluding hydrogens is 384 g/mol. The van der Waals surface area contributed by atoms with Gasteiger partial charge in [0.05, 0.1) is 5.69 Å². The van der Waals surface area contributed by atoms with E-state index in [-0.39, 0.29) is 6.10 Å². The van der Waals surface area contributed by atoms with Crippen LogP contribution in [0.4, 0.5) is 0 Å². The van der Waals surface area contributed by atoms with E-state index in [1.165, 1.54) is 5.57 Å². The molecule has 5 nitrogen and oxygen atoms in total. The van der Waals surface area contributed by atoms with Gasteiger partial charge in [-0.15, -0.1) is 0 Å². The molecule has 5 rings (SSSR count). The second kappa shape index (κ2) is 8.36. The molecule has 0 aliphatic carbocycles. The second-order valence-electron chi connectivity index (χ2n) is 8.00. The largest absolute Gasteiger partial charge is 0.486 e. The first-order valence-electron chi connectivity index (χ1n) is 10.8. The average Bonchev–Trinajstić information content (AvgIpc) is 3.24. The summed E-state index contributed by atoms with van der Waals surface area (Å²) in [6.45, 7) is 6.06. The van der Waals surface area contributed by atoms with Gasteiger partial charge < -0.3 is 15.0 Å². The molecule has 5 heteroatoms. The van der Waals surface area contributed by atoms with Gasteiger partial charge in [-0.3, -0.25) is 0 Å². The van der Waals surface area contributed by atoms with Crippen molar-refractivity contribution in [2.24, 2.45) is 0 Å². The summed E-state index contributed by atoms with van der Waals surface area (Å²) in [5, 5.41) is 4.43. The van der Waals surface area contributed by atoms with Gasteiger partial charge in [-0.1, -0.05) is 36.4 Å². The molecule has 2 N–H and O–H groups in total. The van der Waals surface area contributed by atoms with Crippen molar-refractivity contribution in [2.45, 2.75) is 26.4 Å². The van der Waals surface area contributed by atoms with Gasteiger partial charge in [-0.2, -0.15) is 0 Å². The number of aromatic nitrogens is 3. The molecule has 3 heterocycles. The Morgan fingerprint density at radius 2 is 1.90 bits per heavy atom. The van der Waals surface area contributed by atoms with Crippen molar-refractivity contribution < 1.29 is 4.74 Å². The smallest absolute Gasteiger partial charge is 0.141 e. The highest BCUT2D eigenvalue weighted by Gasteiger charge is 2.15. The van der Waals surface area contributed by atoms with Crippen molar-refractivity contribution in [1.82, 2.24) is 20.3 Å². The van der Waals surface area contributed by atoms with Crippen molar-refractivity contribution in [2.75, 3.05) is 13.1 Å². The van der Waals surface area contributed by atoms with Gasteiger partial charge in [0.25, 0.3) is 0 Å². The number of hydrogen-bond donors (Lipinski definition) is 2. The lowest BCUT2D eigenvalue weighted by Crippen LogP contribution is -2.20. The van der Waals surface area contributed by atoms with Crippen LogP contribution in [0.1, 0.15) is 36.3 Å². The number of rotatable bonds is 5. The van der Waals surface area contributed by atoms with Crippen LogP contribution in [-0.4, -0.2) is 28.0 Å². The molecule has 2 aromatic heterocycles. The summed E-state index contributed by atoms with van der Waals surface area (Å²) in [4.78, 5) is 12.5. The van der Waals surface area contributed by atoms with Crippen LogP contribution in [0.3, 0.4) is 0 Å². The van der Waals surface area contributed by atoms with Gasteiger partial charge in [0.2, 0.25) is 0 Å². The third-order valence-electron chi connectivity index (χ3n) is 5.86. The molecule has 0 amide bonds. The molecule has 2 aromatic carbocycles. The lowest BCUT2D eigenvalue weighted by Gasteiger charge is -2.16. The molecule has 1 aliphatic rings. The molecule has 0 radical (unpaired) electrons. The van der Waals surface area contributed by atoms with E-state index in [2.05, 4.69) is 70.5 Å². The van der Waals surface area contributed by atoms with Crippen LogP contribution in [0, 0.1) is 6.92 Å². The number of H-pyrrole nitrogens is 1. The van der Waals surface area contributed by atoms with Crippen LogP contribution in [0.5, 0.6) is 5.75 Å². The van der Waals surface area contributed by atoms with Gasteiger partial charge in [-0.05, 0) is 67.8 Å². The van der Waals surface area contributed by atoms with E-state index in [0.29, 0.717) is 0 Å². The Kier molecular flexibility index (Phi) is 5.26. The van der Waals surface area contributed by atoms with Gasteiger partial charge >= 0.3 is 0 Å². The predicted molar refractivity (Wildman–Crippen MR) is 125 cm³/mol. The Hall–Kier alpha value is -3.44. The van der Waals surface area contributed by atoms with E-state index < -0.39 is 0 Å². The highest BCUT2D eigenvalue weighted by Crippen LogP contribution is 2.33. The molecule has 0 saturated carbocycles. The fourth-order valence-corrected chi connectivity index (χ4v) is 4.19. The first-order chi connectivity index (χ1) is 15.2. The zero-order valence-electron chi connectivity index (χ0n) is 17.9. The van der Waals surface area contributed by atoms with Crippen LogP contribution in [0.2, 0.25) is 0 Å². The molecule has 156 valence electrons. The predicted octanol–water partition coefficient (Wildman–Crippen LogP) is 5.45. The number of benzene rings is 2. The summed E-state index contributed by atoms with van der Waals surface area (Å²) in [6.07, 6.45) is 4.85. The minimum atomic E-state index is -0.00406. The third kappa shape index (κ3) is 3.97. The quantitative estimate of drug-likeness (QED) is 0.459. The van der Waals surface area contributed by atoms with Crippen LogP contribution in [-0.2, 0) is 0 Å². The molecule has 1 aliphatic heterocycles. The molecule has 0 spiro atoms. The maximum atomic E-state index is 6.18. The van der Waals surface area contributed by atoms with Gasteiger partial charge in [-0.25, -0.2) is 9.97 Å². The Morgan fingerprint density at radius 3 is 2.68 bits per heavy atom. The first kappa shape index (κ1) is 19.5. The van der Waals surface area contributed by atoms with Crippen molar-refractivity contribution in [3.05, 3.63) is 83.8 Å². The van der Waals surface area contributed by atoms with Crippen molar-refractivity contribution in [3.63, 3.8) is 0 Å². The zero-order chi connectivity index (χ0) is 21.2. The fraction of sp³-hybridized carbons (Fsp3) is 0.231. The molecule has 0 unspecified atom stereocenters. The number of nitrogens with one attached hydrogen (secondary N) is 2. The number of fused-ring (bicyclic) bond motifs is 1. The summed E-state index contributed by atoms with van der Waals surface area (Å²) in [5.74, 6) is 0.869. The molecule has 0 bridgehead atoms. The summed E-state index contributed by atoms with van der Waals surface area (Å²) in [6, 6.07) is 18.7. The molecular formula is C26H26N4O. The van der Waals surface area contributed by atoms with E-state index >= 15 is 0 Å².